The zero-order chi connectivity index (χ0) is 21.3. The highest BCUT2D eigenvalue weighted by Crippen LogP contribution is 2.25. The lowest BCUT2D eigenvalue weighted by molar-refractivity contribution is -0.107. The molecule has 5 N–H and O–H groups in total. The molecule has 0 saturated carbocycles. The zero-order valence-corrected chi connectivity index (χ0v) is 16.7. The van der Waals surface area contributed by atoms with E-state index < -0.39 is 18.5 Å². The fraction of sp³-hybridized carbons (Fsp3) is 0.333. The van der Waals surface area contributed by atoms with E-state index in [1.807, 2.05) is 12.1 Å². The van der Waals surface area contributed by atoms with Crippen molar-refractivity contribution in [3.8, 4) is 11.1 Å². The summed E-state index contributed by atoms with van der Waals surface area (Å²) in [5.41, 5.74) is 3.03. The lowest BCUT2D eigenvalue weighted by Crippen LogP contribution is -2.44. The van der Waals surface area contributed by atoms with E-state index >= 15 is 0 Å². The molecule has 0 aliphatic rings. The second-order valence-corrected chi connectivity index (χ2v) is 7.05. The summed E-state index contributed by atoms with van der Waals surface area (Å²) in [5, 5.41) is 39.7. The van der Waals surface area contributed by atoms with Gasteiger partial charge in [-0.3, -0.25) is 0 Å². The maximum absolute atomic E-state index is 9.10. The number of hydrogen-bond donors (Lipinski definition) is 5. The average molecular weight is 374 g/mol. The molecule has 0 aliphatic heterocycles. The fourth-order valence-electron chi connectivity index (χ4n) is 1.81. The first-order valence-corrected chi connectivity index (χ1v) is 8.57. The van der Waals surface area contributed by atoms with Gasteiger partial charge in [0.2, 0.25) is 0 Å². The predicted molar refractivity (Wildman–Crippen MR) is 112 cm³/mol. The molecule has 0 amide bonds. The van der Waals surface area contributed by atoms with E-state index in [0.717, 1.165) is 0 Å². The molecular formula is C21H31BO5. The van der Waals surface area contributed by atoms with E-state index in [1.165, 1.54) is 22.3 Å². The van der Waals surface area contributed by atoms with Gasteiger partial charge in [-0.1, -0.05) is 61.2 Å². The SMILES string of the molecule is C=Cc1cccc(-c2ccccc2)c1C.CC(C)(O)C(C)(C)O.OB(O)O. The van der Waals surface area contributed by atoms with Crippen LogP contribution >= 0.6 is 0 Å². The van der Waals surface area contributed by atoms with Crippen molar-refractivity contribution in [2.24, 2.45) is 0 Å². The number of benzene rings is 2. The standard InChI is InChI=1S/C15H14.C6H14O2.BH3O3/c1-3-13-10-7-11-15(12(13)2)14-8-5-4-6-9-14;1-5(2,7)6(3,4)8;2-1(3)4/h3-11H,1H2,2H3;7-8H,1-4H3;2-4H. The molecule has 0 spiro atoms. The van der Waals surface area contributed by atoms with Gasteiger partial charge < -0.3 is 25.3 Å². The summed E-state index contributed by atoms with van der Waals surface area (Å²) in [6.07, 6.45) is 1.90. The van der Waals surface area contributed by atoms with Gasteiger partial charge >= 0.3 is 7.32 Å². The van der Waals surface area contributed by atoms with Gasteiger partial charge in [-0.25, -0.2) is 0 Å². The van der Waals surface area contributed by atoms with Gasteiger partial charge in [0.25, 0.3) is 0 Å². The smallest absolute Gasteiger partial charge is 0.402 e. The molecule has 27 heavy (non-hydrogen) atoms. The van der Waals surface area contributed by atoms with Gasteiger partial charge in [0, 0.05) is 0 Å². The van der Waals surface area contributed by atoms with Gasteiger partial charge in [-0.15, -0.1) is 0 Å². The quantitative estimate of drug-likeness (QED) is 0.532. The Kier molecular flexibility index (Phi) is 10.2. The van der Waals surface area contributed by atoms with Crippen molar-refractivity contribution in [3.63, 3.8) is 0 Å². The monoisotopic (exact) mass is 374 g/mol. The van der Waals surface area contributed by atoms with Crippen molar-refractivity contribution in [1.82, 2.24) is 0 Å². The molecule has 0 saturated heterocycles. The Hall–Kier alpha value is -1.96. The summed E-state index contributed by atoms with van der Waals surface area (Å²) in [7, 11) is -2.17. The normalized spacial score (nSPS) is 10.7. The van der Waals surface area contributed by atoms with E-state index in [0.29, 0.717) is 0 Å². The highest BCUT2D eigenvalue weighted by molar-refractivity contribution is 6.30. The molecule has 148 valence electrons. The molecule has 0 atom stereocenters. The Bertz CT molecular complexity index is 671. The van der Waals surface area contributed by atoms with Crippen molar-refractivity contribution in [1.29, 1.82) is 0 Å². The summed E-state index contributed by atoms with van der Waals surface area (Å²) in [4.78, 5) is 0. The van der Waals surface area contributed by atoms with Gasteiger partial charge in [-0.2, -0.15) is 0 Å². The van der Waals surface area contributed by atoms with Crippen LogP contribution in [0.1, 0.15) is 38.8 Å². The van der Waals surface area contributed by atoms with Gasteiger partial charge in [-0.05, 0) is 56.9 Å². The Morgan fingerprint density at radius 2 is 1.26 bits per heavy atom. The third kappa shape index (κ3) is 9.51. The summed E-state index contributed by atoms with van der Waals surface area (Å²) in [6, 6.07) is 16.8. The Balaban J connectivity index is 0.000000476. The van der Waals surface area contributed by atoms with Crippen molar-refractivity contribution in [2.75, 3.05) is 0 Å². The van der Waals surface area contributed by atoms with E-state index in [2.05, 4.69) is 56.0 Å². The lowest BCUT2D eigenvalue weighted by atomic mass is 9.90. The van der Waals surface area contributed by atoms with Crippen LogP contribution in [0.15, 0.2) is 55.1 Å². The summed E-state index contributed by atoms with van der Waals surface area (Å²) < 4.78 is 0. The van der Waals surface area contributed by atoms with Crippen molar-refractivity contribution < 1.29 is 25.3 Å². The molecule has 2 aromatic rings. The second kappa shape index (κ2) is 11.0. The van der Waals surface area contributed by atoms with E-state index in [-0.39, 0.29) is 0 Å². The van der Waals surface area contributed by atoms with E-state index in [4.69, 9.17) is 25.3 Å². The molecule has 0 aromatic heterocycles. The van der Waals surface area contributed by atoms with Gasteiger partial charge in [0.1, 0.15) is 0 Å². The Morgan fingerprint density at radius 1 is 0.815 bits per heavy atom. The van der Waals surface area contributed by atoms with Crippen LogP contribution in [0.3, 0.4) is 0 Å². The Labute approximate surface area is 162 Å². The van der Waals surface area contributed by atoms with E-state index in [1.54, 1.807) is 27.7 Å². The molecule has 5 nitrogen and oxygen atoms in total. The molecule has 0 unspecified atom stereocenters. The third-order valence-electron chi connectivity index (χ3n) is 4.18. The summed E-state index contributed by atoms with van der Waals surface area (Å²) >= 11 is 0. The highest BCUT2D eigenvalue weighted by atomic mass is 16.5. The molecule has 2 rings (SSSR count). The lowest BCUT2D eigenvalue weighted by Gasteiger charge is -2.31. The molecule has 0 radical (unpaired) electrons. The first-order chi connectivity index (χ1) is 12.3. The molecule has 0 heterocycles. The maximum Gasteiger partial charge on any atom is 0.631 e. The largest absolute Gasteiger partial charge is 0.631 e. The van der Waals surface area contributed by atoms with Crippen LogP contribution in [0.5, 0.6) is 0 Å². The van der Waals surface area contributed by atoms with Crippen LogP contribution in [0.4, 0.5) is 0 Å². The van der Waals surface area contributed by atoms with Crippen LogP contribution in [0, 0.1) is 6.92 Å². The minimum Gasteiger partial charge on any atom is -0.402 e. The molecule has 6 heteroatoms. The van der Waals surface area contributed by atoms with Gasteiger partial charge in [0.05, 0.1) is 11.2 Å². The van der Waals surface area contributed by atoms with Gasteiger partial charge in [0.15, 0.2) is 0 Å². The molecular weight excluding hydrogens is 343 g/mol. The van der Waals surface area contributed by atoms with Crippen LogP contribution in [-0.2, 0) is 0 Å². The topological polar surface area (TPSA) is 101 Å². The van der Waals surface area contributed by atoms with E-state index in [9.17, 15) is 0 Å². The second-order valence-electron chi connectivity index (χ2n) is 7.05. The van der Waals surface area contributed by atoms with Crippen molar-refractivity contribution in [3.05, 3.63) is 66.2 Å². The van der Waals surface area contributed by atoms with Crippen molar-refractivity contribution in [2.45, 2.75) is 45.8 Å². The fourth-order valence-corrected chi connectivity index (χ4v) is 1.81. The minimum absolute atomic E-state index is 1.01. The highest BCUT2D eigenvalue weighted by Gasteiger charge is 2.31. The van der Waals surface area contributed by atoms with Crippen molar-refractivity contribution >= 4 is 13.4 Å². The Morgan fingerprint density at radius 3 is 1.63 bits per heavy atom. The van der Waals surface area contributed by atoms with Crippen LogP contribution in [-0.4, -0.2) is 43.8 Å². The molecule has 0 bridgehead atoms. The number of aliphatic hydroxyl groups is 2. The summed E-state index contributed by atoms with van der Waals surface area (Å²) in [6.45, 7) is 12.3. The first-order valence-electron chi connectivity index (χ1n) is 8.57. The third-order valence-corrected chi connectivity index (χ3v) is 4.18. The first kappa shape index (κ1) is 25.0. The molecule has 0 aliphatic carbocycles. The molecule has 0 fully saturated rings. The molecule has 2 aromatic carbocycles. The average Bonchev–Trinajstić information content (AvgIpc) is 2.54. The van der Waals surface area contributed by atoms with Crippen LogP contribution < -0.4 is 0 Å². The summed E-state index contributed by atoms with van der Waals surface area (Å²) in [5.74, 6) is 0. The predicted octanol–water partition coefficient (Wildman–Crippen LogP) is 2.78. The minimum atomic E-state index is -2.17. The van der Waals surface area contributed by atoms with Crippen LogP contribution in [0.2, 0.25) is 0 Å². The number of rotatable bonds is 3. The number of hydrogen-bond acceptors (Lipinski definition) is 5. The zero-order valence-electron chi connectivity index (χ0n) is 16.7. The van der Waals surface area contributed by atoms with Crippen LogP contribution in [0.25, 0.3) is 17.2 Å². The maximum atomic E-state index is 9.10.